The molecule has 0 saturated heterocycles. The average molecular weight is 379 g/mol. The van der Waals surface area contributed by atoms with Gasteiger partial charge in [-0.3, -0.25) is 4.79 Å². The van der Waals surface area contributed by atoms with Crippen LogP contribution in [0, 0.1) is 0 Å². The van der Waals surface area contributed by atoms with E-state index in [2.05, 4.69) is 20.5 Å². The molecule has 0 aliphatic heterocycles. The molecule has 0 unspecified atom stereocenters. The van der Waals surface area contributed by atoms with E-state index in [-0.39, 0.29) is 6.42 Å². The third kappa shape index (κ3) is 3.03. The van der Waals surface area contributed by atoms with Crippen molar-refractivity contribution in [2.75, 3.05) is 0 Å². The lowest BCUT2D eigenvalue weighted by Crippen LogP contribution is -2.00. The zero-order chi connectivity index (χ0) is 15.7. The van der Waals surface area contributed by atoms with E-state index in [0.717, 1.165) is 26.5 Å². The first kappa shape index (κ1) is 15.1. The molecule has 3 nitrogen and oxygen atoms in total. The van der Waals surface area contributed by atoms with Gasteiger partial charge >= 0.3 is 5.97 Å². The van der Waals surface area contributed by atoms with Crippen molar-refractivity contribution in [2.24, 2.45) is 0 Å². The summed E-state index contributed by atoms with van der Waals surface area (Å²) in [6.45, 7) is 0.666. The number of fused-ring (bicyclic) bond motifs is 1. The Kier molecular flexibility index (Phi) is 4.23. The van der Waals surface area contributed by atoms with E-state index in [0.29, 0.717) is 11.6 Å². The summed E-state index contributed by atoms with van der Waals surface area (Å²) < 4.78 is 3.09. The second-order valence-corrected chi connectivity index (χ2v) is 6.40. The van der Waals surface area contributed by atoms with Gasteiger partial charge in [-0.15, -0.1) is 0 Å². The Balaban J connectivity index is 2.10. The van der Waals surface area contributed by atoms with Crippen molar-refractivity contribution < 1.29 is 9.90 Å². The fraction of sp³-hybridized carbons (Fsp3) is 0.118. The second kappa shape index (κ2) is 6.15. The summed E-state index contributed by atoms with van der Waals surface area (Å²) in [6.07, 6.45) is 1.88. The van der Waals surface area contributed by atoms with Gasteiger partial charge in [-0.1, -0.05) is 45.7 Å². The molecule has 0 amide bonds. The van der Waals surface area contributed by atoms with E-state index in [9.17, 15) is 4.79 Å². The normalized spacial score (nSPS) is 11.0. The lowest BCUT2D eigenvalue weighted by atomic mass is 10.1. The van der Waals surface area contributed by atoms with E-state index in [1.165, 1.54) is 0 Å². The van der Waals surface area contributed by atoms with Crippen molar-refractivity contribution in [3.05, 3.63) is 69.3 Å². The fourth-order valence-corrected chi connectivity index (χ4v) is 3.17. The largest absolute Gasteiger partial charge is 0.481 e. The van der Waals surface area contributed by atoms with Crippen LogP contribution in [-0.4, -0.2) is 15.6 Å². The van der Waals surface area contributed by atoms with Crippen molar-refractivity contribution in [1.82, 2.24) is 4.57 Å². The SMILES string of the molecule is O=C(O)Cc1cn(Cc2ccccc2Br)c2ccc(Cl)cc12. The molecule has 5 heteroatoms. The minimum atomic E-state index is -0.847. The van der Waals surface area contributed by atoms with E-state index >= 15 is 0 Å². The minimum absolute atomic E-state index is 0.0141. The first-order chi connectivity index (χ1) is 10.5. The first-order valence-corrected chi connectivity index (χ1v) is 7.94. The van der Waals surface area contributed by atoms with Gasteiger partial charge in [-0.25, -0.2) is 0 Å². The standard InChI is InChI=1S/C17H13BrClNO2/c18-15-4-2-1-3-11(15)9-20-10-12(7-17(21)22)14-8-13(19)5-6-16(14)20/h1-6,8,10H,7,9H2,(H,21,22). The molecule has 0 aliphatic rings. The van der Waals surface area contributed by atoms with Gasteiger partial charge in [0.2, 0.25) is 0 Å². The summed E-state index contributed by atoms with van der Waals surface area (Å²) in [5, 5.41) is 10.6. The Morgan fingerprint density at radius 2 is 1.95 bits per heavy atom. The zero-order valence-corrected chi connectivity index (χ0v) is 13.9. The van der Waals surface area contributed by atoms with Gasteiger partial charge in [-0.05, 0) is 35.4 Å². The molecule has 0 atom stereocenters. The Labute approximate surface area is 141 Å². The third-order valence-electron chi connectivity index (χ3n) is 3.57. The number of benzene rings is 2. The van der Waals surface area contributed by atoms with E-state index in [1.54, 1.807) is 0 Å². The predicted molar refractivity (Wildman–Crippen MR) is 91.5 cm³/mol. The number of hydrogen-bond acceptors (Lipinski definition) is 1. The average Bonchev–Trinajstić information content (AvgIpc) is 2.78. The second-order valence-electron chi connectivity index (χ2n) is 5.11. The third-order valence-corrected chi connectivity index (χ3v) is 4.57. The maximum Gasteiger partial charge on any atom is 0.307 e. The van der Waals surface area contributed by atoms with Gasteiger partial charge in [0.15, 0.2) is 0 Å². The summed E-state index contributed by atoms with van der Waals surface area (Å²) in [6, 6.07) is 13.6. The number of carboxylic acid groups (broad SMARTS) is 1. The number of halogens is 2. The van der Waals surface area contributed by atoms with E-state index in [4.69, 9.17) is 16.7 Å². The van der Waals surface area contributed by atoms with Crippen molar-refractivity contribution in [3.8, 4) is 0 Å². The Hall–Kier alpha value is -1.78. The van der Waals surface area contributed by atoms with Crippen LogP contribution >= 0.6 is 27.5 Å². The number of nitrogens with zero attached hydrogens (tertiary/aromatic N) is 1. The summed E-state index contributed by atoms with van der Waals surface area (Å²) >= 11 is 9.61. The van der Waals surface area contributed by atoms with Gasteiger partial charge in [0.05, 0.1) is 6.42 Å². The van der Waals surface area contributed by atoms with Gasteiger partial charge in [0.25, 0.3) is 0 Å². The number of carboxylic acids is 1. The van der Waals surface area contributed by atoms with Crippen LogP contribution in [0.2, 0.25) is 5.02 Å². The lowest BCUT2D eigenvalue weighted by Gasteiger charge is -2.07. The topological polar surface area (TPSA) is 42.2 Å². The molecule has 0 fully saturated rings. The number of hydrogen-bond donors (Lipinski definition) is 1. The molecule has 2 aromatic carbocycles. The number of rotatable bonds is 4. The molecule has 3 rings (SSSR count). The van der Waals surface area contributed by atoms with Crippen molar-refractivity contribution >= 4 is 44.4 Å². The Morgan fingerprint density at radius 1 is 1.18 bits per heavy atom. The first-order valence-electron chi connectivity index (χ1n) is 6.77. The number of carbonyl (C=O) groups is 1. The monoisotopic (exact) mass is 377 g/mol. The Morgan fingerprint density at radius 3 is 2.68 bits per heavy atom. The highest BCUT2D eigenvalue weighted by molar-refractivity contribution is 9.10. The molecule has 0 radical (unpaired) electrons. The fourth-order valence-electron chi connectivity index (χ4n) is 2.59. The molecular formula is C17H13BrClNO2. The minimum Gasteiger partial charge on any atom is -0.481 e. The van der Waals surface area contributed by atoms with Crippen LogP contribution in [0.25, 0.3) is 10.9 Å². The van der Waals surface area contributed by atoms with Crippen LogP contribution in [0.3, 0.4) is 0 Å². The summed E-state index contributed by atoms with van der Waals surface area (Å²) in [5.74, 6) is -0.847. The highest BCUT2D eigenvalue weighted by Crippen LogP contribution is 2.27. The quantitative estimate of drug-likeness (QED) is 0.713. The summed E-state index contributed by atoms with van der Waals surface area (Å²) in [7, 11) is 0. The summed E-state index contributed by atoms with van der Waals surface area (Å²) in [5.41, 5.74) is 2.89. The zero-order valence-electron chi connectivity index (χ0n) is 11.6. The van der Waals surface area contributed by atoms with Gasteiger partial charge in [0.1, 0.15) is 0 Å². The molecule has 22 heavy (non-hydrogen) atoms. The van der Waals surface area contributed by atoms with Crippen LogP contribution in [0.1, 0.15) is 11.1 Å². The molecule has 1 aromatic heterocycles. The van der Waals surface area contributed by atoms with E-state index < -0.39 is 5.97 Å². The van der Waals surface area contributed by atoms with Crippen molar-refractivity contribution in [1.29, 1.82) is 0 Å². The number of aliphatic carboxylic acids is 1. The molecular weight excluding hydrogens is 366 g/mol. The van der Waals surface area contributed by atoms with Gasteiger partial charge < -0.3 is 9.67 Å². The van der Waals surface area contributed by atoms with Gasteiger partial charge in [-0.2, -0.15) is 0 Å². The molecule has 1 N–H and O–H groups in total. The highest BCUT2D eigenvalue weighted by atomic mass is 79.9. The van der Waals surface area contributed by atoms with Crippen LogP contribution in [-0.2, 0) is 17.8 Å². The molecule has 0 saturated carbocycles. The van der Waals surface area contributed by atoms with Crippen LogP contribution in [0.5, 0.6) is 0 Å². The maximum atomic E-state index is 11.1. The molecule has 112 valence electrons. The highest BCUT2D eigenvalue weighted by Gasteiger charge is 2.12. The maximum absolute atomic E-state index is 11.1. The van der Waals surface area contributed by atoms with Crippen LogP contribution < -0.4 is 0 Å². The molecule has 3 aromatic rings. The van der Waals surface area contributed by atoms with Gasteiger partial charge in [0, 0.05) is 33.1 Å². The van der Waals surface area contributed by atoms with Crippen LogP contribution in [0.15, 0.2) is 53.1 Å². The Bertz CT molecular complexity index is 857. The molecule has 1 heterocycles. The number of aromatic nitrogens is 1. The van der Waals surface area contributed by atoms with Crippen molar-refractivity contribution in [3.63, 3.8) is 0 Å². The predicted octanol–water partition coefficient (Wildman–Crippen LogP) is 4.73. The summed E-state index contributed by atoms with van der Waals surface area (Å²) in [4.78, 5) is 11.1. The smallest absolute Gasteiger partial charge is 0.307 e. The lowest BCUT2D eigenvalue weighted by molar-refractivity contribution is -0.136. The molecule has 0 bridgehead atoms. The molecule has 0 aliphatic carbocycles. The van der Waals surface area contributed by atoms with Crippen LogP contribution in [0.4, 0.5) is 0 Å². The van der Waals surface area contributed by atoms with Crippen molar-refractivity contribution in [2.45, 2.75) is 13.0 Å². The van der Waals surface area contributed by atoms with E-state index in [1.807, 2.05) is 48.7 Å². The molecule has 0 spiro atoms.